The summed E-state index contributed by atoms with van der Waals surface area (Å²) < 4.78 is 12.8. The molecule has 0 unspecified atom stereocenters. The number of amides is 2. The quantitative estimate of drug-likeness (QED) is 0.612. The van der Waals surface area contributed by atoms with Crippen LogP contribution in [0.3, 0.4) is 0 Å². The van der Waals surface area contributed by atoms with Gasteiger partial charge in [0.25, 0.3) is 0 Å². The van der Waals surface area contributed by atoms with Gasteiger partial charge in [0.2, 0.25) is 0 Å². The number of aromatic nitrogens is 2. The van der Waals surface area contributed by atoms with E-state index >= 15 is 0 Å². The Labute approximate surface area is 177 Å². The Morgan fingerprint density at radius 3 is 2.63 bits per heavy atom. The molecule has 4 rings (SSSR count). The third kappa shape index (κ3) is 4.30. The van der Waals surface area contributed by atoms with Crippen molar-refractivity contribution in [2.75, 3.05) is 25.1 Å². The third-order valence-corrected chi connectivity index (χ3v) is 5.43. The van der Waals surface area contributed by atoms with Gasteiger partial charge in [-0.25, -0.2) is 0 Å². The van der Waals surface area contributed by atoms with Gasteiger partial charge in [0.05, 0.1) is 11.7 Å². The maximum absolute atomic E-state index is 12.4. The van der Waals surface area contributed by atoms with Gasteiger partial charge in [-0.1, -0.05) is 0 Å². The van der Waals surface area contributed by atoms with Crippen LogP contribution in [0.1, 0.15) is 23.0 Å². The van der Waals surface area contributed by atoms with Crippen LogP contribution >= 0.6 is 11.3 Å². The molecule has 0 bridgehead atoms. The molecule has 9 heteroatoms. The van der Waals surface area contributed by atoms with Crippen LogP contribution in [0.25, 0.3) is 0 Å². The van der Waals surface area contributed by atoms with Gasteiger partial charge >= 0.3 is 11.8 Å². The molecule has 2 aromatic heterocycles. The minimum Gasteiger partial charge on any atom is -0.486 e. The van der Waals surface area contributed by atoms with Gasteiger partial charge in [0, 0.05) is 24.0 Å². The highest BCUT2D eigenvalue weighted by atomic mass is 32.1. The van der Waals surface area contributed by atoms with Crippen LogP contribution in [0.5, 0.6) is 11.5 Å². The van der Waals surface area contributed by atoms with Gasteiger partial charge < -0.3 is 20.1 Å². The van der Waals surface area contributed by atoms with Crippen molar-refractivity contribution in [3.63, 3.8) is 0 Å². The van der Waals surface area contributed by atoms with Crippen molar-refractivity contribution in [3.8, 4) is 11.5 Å². The predicted octanol–water partition coefficient (Wildman–Crippen LogP) is 2.68. The molecule has 156 valence electrons. The summed E-state index contributed by atoms with van der Waals surface area (Å²) in [5.41, 5.74) is 3.38. The number of aryl methyl sites for hydroxylation is 2. The number of benzene rings is 1. The third-order valence-electron chi connectivity index (χ3n) is 4.73. The number of carbonyl (C=O) groups excluding carboxylic acids is 2. The van der Waals surface area contributed by atoms with Crippen molar-refractivity contribution in [1.29, 1.82) is 0 Å². The van der Waals surface area contributed by atoms with E-state index in [9.17, 15) is 9.59 Å². The molecule has 0 saturated carbocycles. The van der Waals surface area contributed by atoms with Crippen molar-refractivity contribution in [1.82, 2.24) is 15.1 Å². The largest absolute Gasteiger partial charge is 0.486 e. The van der Waals surface area contributed by atoms with Crippen LogP contribution in [0.4, 0.5) is 5.69 Å². The van der Waals surface area contributed by atoms with Gasteiger partial charge in [-0.3, -0.25) is 14.3 Å². The molecular formula is C21H22N4O4S. The predicted molar refractivity (Wildman–Crippen MR) is 113 cm³/mol. The zero-order valence-corrected chi connectivity index (χ0v) is 17.5. The number of hydrogen-bond acceptors (Lipinski definition) is 6. The first-order valence-corrected chi connectivity index (χ1v) is 10.5. The zero-order valence-electron chi connectivity index (χ0n) is 16.7. The molecule has 0 radical (unpaired) electrons. The van der Waals surface area contributed by atoms with Crippen molar-refractivity contribution in [2.24, 2.45) is 0 Å². The fourth-order valence-corrected chi connectivity index (χ4v) is 4.06. The van der Waals surface area contributed by atoms with Gasteiger partial charge in [0.1, 0.15) is 13.2 Å². The van der Waals surface area contributed by atoms with E-state index in [4.69, 9.17) is 9.47 Å². The average molecular weight is 426 g/mol. The monoisotopic (exact) mass is 426 g/mol. The maximum atomic E-state index is 12.4. The Bertz CT molecular complexity index is 1060. The van der Waals surface area contributed by atoms with E-state index in [0.717, 1.165) is 17.0 Å². The maximum Gasteiger partial charge on any atom is 0.313 e. The van der Waals surface area contributed by atoms with Gasteiger partial charge in [-0.15, -0.1) is 0 Å². The van der Waals surface area contributed by atoms with Crippen molar-refractivity contribution >= 4 is 28.8 Å². The Balaban J connectivity index is 1.42. The van der Waals surface area contributed by atoms with Crippen molar-refractivity contribution in [2.45, 2.75) is 19.9 Å². The zero-order chi connectivity index (χ0) is 21.1. The van der Waals surface area contributed by atoms with Crippen LogP contribution in [0, 0.1) is 13.8 Å². The summed E-state index contributed by atoms with van der Waals surface area (Å²) in [5, 5.41) is 13.9. The molecule has 1 aromatic carbocycles. The van der Waals surface area contributed by atoms with Crippen LogP contribution in [-0.4, -0.2) is 41.4 Å². The second-order valence-electron chi connectivity index (χ2n) is 6.97. The number of rotatable bonds is 5. The lowest BCUT2D eigenvalue weighted by atomic mass is 10.1. The second kappa shape index (κ2) is 8.58. The molecule has 1 aliphatic heterocycles. The van der Waals surface area contributed by atoms with E-state index in [1.807, 2.05) is 41.4 Å². The van der Waals surface area contributed by atoms with Crippen molar-refractivity contribution in [3.05, 3.63) is 58.0 Å². The number of fused-ring (bicyclic) bond motifs is 1. The molecule has 0 aliphatic carbocycles. The molecule has 2 amide bonds. The molecular weight excluding hydrogens is 404 g/mol. The fourth-order valence-electron chi connectivity index (χ4n) is 3.35. The molecule has 1 atom stereocenters. The van der Waals surface area contributed by atoms with E-state index in [2.05, 4.69) is 15.7 Å². The summed E-state index contributed by atoms with van der Waals surface area (Å²) in [7, 11) is 0. The first kappa shape index (κ1) is 20.0. The first-order valence-electron chi connectivity index (χ1n) is 9.55. The molecule has 8 nitrogen and oxygen atoms in total. The number of ether oxygens (including phenoxy) is 2. The molecule has 0 spiro atoms. The summed E-state index contributed by atoms with van der Waals surface area (Å²) in [6.45, 7) is 5.07. The summed E-state index contributed by atoms with van der Waals surface area (Å²) in [5.74, 6) is -0.301. The highest BCUT2D eigenvalue weighted by molar-refractivity contribution is 7.08. The van der Waals surface area contributed by atoms with Crippen LogP contribution in [-0.2, 0) is 9.59 Å². The lowest BCUT2D eigenvalue weighted by Crippen LogP contribution is -2.39. The highest BCUT2D eigenvalue weighted by Crippen LogP contribution is 2.32. The molecule has 2 N–H and O–H groups in total. The smallest absolute Gasteiger partial charge is 0.313 e. The van der Waals surface area contributed by atoms with Gasteiger partial charge in [0.15, 0.2) is 11.5 Å². The number of hydrogen-bond donors (Lipinski definition) is 2. The fraction of sp³-hybridized carbons (Fsp3) is 0.286. The summed E-state index contributed by atoms with van der Waals surface area (Å²) in [6, 6.07) is 8.79. The molecule has 0 fully saturated rings. The number of thiophene rings is 1. The number of carbonyl (C=O) groups is 2. The molecule has 3 heterocycles. The Kier molecular flexibility index (Phi) is 5.71. The van der Waals surface area contributed by atoms with Crippen LogP contribution in [0.2, 0.25) is 0 Å². The van der Waals surface area contributed by atoms with E-state index in [1.165, 1.54) is 0 Å². The highest BCUT2D eigenvalue weighted by Gasteiger charge is 2.21. The van der Waals surface area contributed by atoms with E-state index in [-0.39, 0.29) is 12.6 Å². The molecule has 3 aromatic rings. The van der Waals surface area contributed by atoms with Gasteiger partial charge in [-0.2, -0.15) is 16.4 Å². The van der Waals surface area contributed by atoms with E-state index in [0.29, 0.717) is 30.4 Å². The van der Waals surface area contributed by atoms with Crippen LogP contribution < -0.4 is 20.1 Å². The Morgan fingerprint density at radius 2 is 1.93 bits per heavy atom. The first-order chi connectivity index (χ1) is 14.5. The average Bonchev–Trinajstić information content (AvgIpc) is 3.38. The molecule has 1 aliphatic rings. The number of anilines is 1. The standard InChI is InChI=1S/C21H22N4O4S/c1-13-9-14(2)25(24-13)17(15-5-8-30-12-15)11-22-20(26)21(27)23-16-3-4-18-19(10-16)29-7-6-28-18/h3-5,8-10,12,17H,6-7,11H2,1-2H3,(H,22,26)(H,23,27)/t17-/m1/s1. The Hall–Kier alpha value is -3.33. The summed E-state index contributed by atoms with van der Waals surface area (Å²) in [4.78, 5) is 24.8. The summed E-state index contributed by atoms with van der Waals surface area (Å²) >= 11 is 1.57. The van der Waals surface area contributed by atoms with Crippen LogP contribution in [0.15, 0.2) is 41.1 Å². The number of nitrogens with one attached hydrogen (secondary N) is 2. The minimum absolute atomic E-state index is 0.198. The van der Waals surface area contributed by atoms with E-state index in [1.54, 1.807) is 29.5 Å². The normalized spacial score (nSPS) is 13.5. The lowest BCUT2D eigenvalue weighted by molar-refractivity contribution is -0.136. The lowest BCUT2D eigenvalue weighted by Gasteiger charge is -2.20. The SMILES string of the molecule is Cc1cc(C)n([C@H](CNC(=O)C(=O)Nc2ccc3c(c2)OCCO3)c2ccsc2)n1. The van der Waals surface area contributed by atoms with Crippen molar-refractivity contribution < 1.29 is 19.1 Å². The molecule has 30 heavy (non-hydrogen) atoms. The minimum atomic E-state index is -0.746. The molecule has 0 saturated heterocycles. The Morgan fingerprint density at radius 1 is 1.13 bits per heavy atom. The van der Waals surface area contributed by atoms with Gasteiger partial charge in [-0.05, 0) is 54.4 Å². The number of nitrogens with zero attached hydrogens (tertiary/aromatic N) is 2. The van der Waals surface area contributed by atoms with E-state index < -0.39 is 11.8 Å². The summed E-state index contributed by atoms with van der Waals surface area (Å²) in [6.07, 6.45) is 0. The second-order valence-corrected chi connectivity index (χ2v) is 7.75. The topological polar surface area (TPSA) is 94.5 Å².